The number of nitrogens with zero attached hydrogens (tertiary/aromatic N) is 2. The SMILES string of the molecule is C[C@@H](Nc1ccnc(-c2ccccc2)n1)[C@H](O)c1ccc(F)cc1. The maximum absolute atomic E-state index is 13.0. The molecule has 0 bridgehead atoms. The Morgan fingerprint density at radius 2 is 1.71 bits per heavy atom. The normalized spacial score (nSPS) is 13.3. The molecule has 0 unspecified atom stereocenters. The Kier molecular flexibility index (Phi) is 4.82. The summed E-state index contributed by atoms with van der Waals surface area (Å²) < 4.78 is 13.0. The van der Waals surface area contributed by atoms with E-state index < -0.39 is 6.10 Å². The molecule has 0 aliphatic carbocycles. The second-order valence-electron chi connectivity index (χ2n) is 5.56. The second-order valence-corrected chi connectivity index (χ2v) is 5.56. The minimum absolute atomic E-state index is 0.297. The smallest absolute Gasteiger partial charge is 0.161 e. The summed E-state index contributed by atoms with van der Waals surface area (Å²) in [5.41, 5.74) is 1.57. The Morgan fingerprint density at radius 3 is 2.42 bits per heavy atom. The first-order valence-corrected chi connectivity index (χ1v) is 7.72. The molecule has 3 aromatic rings. The molecule has 0 fully saturated rings. The fraction of sp³-hybridized carbons (Fsp3) is 0.158. The molecule has 122 valence electrons. The van der Waals surface area contributed by atoms with Gasteiger partial charge in [0.25, 0.3) is 0 Å². The Balaban J connectivity index is 1.74. The van der Waals surface area contributed by atoms with Crippen LogP contribution in [0, 0.1) is 5.82 Å². The lowest BCUT2D eigenvalue weighted by atomic mass is 10.0. The molecule has 2 N–H and O–H groups in total. The highest BCUT2D eigenvalue weighted by molar-refractivity contribution is 5.56. The molecule has 4 nitrogen and oxygen atoms in total. The minimum Gasteiger partial charge on any atom is -0.386 e. The number of hydrogen-bond acceptors (Lipinski definition) is 4. The highest BCUT2D eigenvalue weighted by atomic mass is 19.1. The minimum atomic E-state index is -0.777. The van der Waals surface area contributed by atoms with Crippen LogP contribution in [0.2, 0.25) is 0 Å². The van der Waals surface area contributed by atoms with Gasteiger partial charge >= 0.3 is 0 Å². The molecule has 0 saturated heterocycles. The first-order chi connectivity index (χ1) is 11.6. The van der Waals surface area contributed by atoms with Gasteiger partial charge in [-0.1, -0.05) is 42.5 Å². The van der Waals surface area contributed by atoms with Gasteiger partial charge in [0.05, 0.1) is 12.1 Å². The first kappa shape index (κ1) is 16.1. The van der Waals surface area contributed by atoms with Gasteiger partial charge in [-0.25, -0.2) is 14.4 Å². The van der Waals surface area contributed by atoms with E-state index in [9.17, 15) is 9.50 Å². The Hall–Kier alpha value is -2.79. The van der Waals surface area contributed by atoms with E-state index in [1.54, 1.807) is 24.4 Å². The zero-order valence-corrected chi connectivity index (χ0v) is 13.2. The number of rotatable bonds is 5. The molecule has 5 heteroatoms. The van der Waals surface area contributed by atoms with E-state index in [0.29, 0.717) is 17.2 Å². The van der Waals surface area contributed by atoms with Crippen molar-refractivity contribution in [2.75, 3.05) is 5.32 Å². The van der Waals surface area contributed by atoms with Crippen LogP contribution in [0.1, 0.15) is 18.6 Å². The average Bonchev–Trinajstić information content (AvgIpc) is 2.63. The molecule has 0 radical (unpaired) electrons. The average molecular weight is 323 g/mol. The van der Waals surface area contributed by atoms with Crippen molar-refractivity contribution in [2.45, 2.75) is 19.1 Å². The fourth-order valence-electron chi connectivity index (χ4n) is 2.43. The molecule has 0 aliphatic heterocycles. The molecule has 0 amide bonds. The summed E-state index contributed by atoms with van der Waals surface area (Å²) in [6.45, 7) is 1.85. The van der Waals surface area contributed by atoms with Gasteiger partial charge in [0.1, 0.15) is 11.6 Å². The summed E-state index contributed by atoms with van der Waals surface area (Å²) in [4.78, 5) is 8.75. The Morgan fingerprint density at radius 1 is 1.00 bits per heavy atom. The maximum atomic E-state index is 13.0. The van der Waals surface area contributed by atoms with Crippen LogP contribution in [0.15, 0.2) is 66.9 Å². The third-order valence-electron chi connectivity index (χ3n) is 3.75. The molecule has 24 heavy (non-hydrogen) atoms. The monoisotopic (exact) mass is 323 g/mol. The standard InChI is InChI=1S/C19H18FN3O/c1-13(18(24)14-7-9-16(20)10-8-14)22-17-11-12-21-19(23-17)15-5-3-2-4-6-15/h2-13,18,24H,1H3,(H,21,22,23)/t13-,18+/m1/s1. The van der Waals surface area contributed by atoms with Gasteiger partial charge in [-0.2, -0.15) is 0 Å². The molecule has 0 saturated carbocycles. The van der Waals surface area contributed by atoms with Crippen LogP contribution in [0.3, 0.4) is 0 Å². The van der Waals surface area contributed by atoms with E-state index in [1.807, 2.05) is 37.3 Å². The summed E-state index contributed by atoms with van der Waals surface area (Å²) in [6.07, 6.45) is 0.898. The number of aliphatic hydroxyl groups excluding tert-OH is 1. The van der Waals surface area contributed by atoms with Crippen molar-refractivity contribution in [3.8, 4) is 11.4 Å². The van der Waals surface area contributed by atoms with Gasteiger partial charge in [-0.15, -0.1) is 0 Å². The number of aliphatic hydroxyl groups is 1. The number of hydrogen-bond donors (Lipinski definition) is 2. The third kappa shape index (κ3) is 3.75. The van der Waals surface area contributed by atoms with Crippen LogP contribution in [0.5, 0.6) is 0 Å². The van der Waals surface area contributed by atoms with Crippen LogP contribution in [-0.4, -0.2) is 21.1 Å². The van der Waals surface area contributed by atoms with Crippen molar-refractivity contribution in [1.82, 2.24) is 9.97 Å². The number of aromatic nitrogens is 2. The molecule has 0 aliphatic rings. The highest BCUT2D eigenvalue weighted by Crippen LogP contribution is 2.21. The van der Waals surface area contributed by atoms with Gasteiger partial charge in [0.15, 0.2) is 5.82 Å². The summed E-state index contributed by atoms with van der Waals surface area (Å²) in [7, 11) is 0. The lowest BCUT2D eigenvalue weighted by Gasteiger charge is -2.21. The number of nitrogens with one attached hydrogen (secondary N) is 1. The van der Waals surface area contributed by atoms with Crippen molar-refractivity contribution in [1.29, 1.82) is 0 Å². The molecule has 3 rings (SSSR count). The number of halogens is 1. The highest BCUT2D eigenvalue weighted by Gasteiger charge is 2.17. The predicted octanol–water partition coefficient (Wildman–Crippen LogP) is 3.82. The summed E-state index contributed by atoms with van der Waals surface area (Å²) in [5, 5.41) is 13.6. The zero-order valence-electron chi connectivity index (χ0n) is 13.2. The predicted molar refractivity (Wildman–Crippen MR) is 91.9 cm³/mol. The van der Waals surface area contributed by atoms with E-state index in [4.69, 9.17) is 0 Å². The molecular formula is C19H18FN3O. The lowest BCUT2D eigenvalue weighted by Crippen LogP contribution is -2.24. The van der Waals surface area contributed by atoms with Crippen molar-refractivity contribution in [3.63, 3.8) is 0 Å². The van der Waals surface area contributed by atoms with Crippen LogP contribution >= 0.6 is 0 Å². The van der Waals surface area contributed by atoms with Crippen LogP contribution in [0.4, 0.5) is 10.2 Å². The molecule has 2 aromatic carbocycles. The topological polar surface area (TPSA) is 58.0 Å². The Labute approximate surface area is 140 Å². The van der Waals surface area contributed by atoms with Crippen LogP contribution < -0.4 is 5.32 Å². The third-order valence-corrected chi connectivity index (χ3v) is 3.75. The van der Waals surface area contributed by atoms with Crippen LogP contribution in [-0.2, 0) is 0 Å². The van der Waals surface area contributed by atoms with E-state index in [1.165, 1.54) is 12.1 Å². The molecule has 2 atom stereocenters. The van der Waals surface area contributed by atoms with Crippen molar-refractivity contribution >= 4 is 5.82 Å². The van der Waals surface area contributed by atoms with E-state index in [2.05, 4.69) is 15.3 Å². The summed E-state index contributed by atoms with van der Waals surface area (Å²) >= 11 is 0. The zero-order chi connectivity index (χ0) is 16.9. The molecule has 1 aromatic heterocycles. The van der Waals surface area contributed by atoms with Gasteiger partial charge < -0.3 is 10.4 Å². The fourth-order valence-corrected chi connectivity index (χ4v) is 2.43. The van der Waals surface area contributed by atoms with E-state index in [-0.39, 0.29) is 11.9 Å². The summed E-state index contributed by atoms with van der Waals surface area (Å²) in [5.74, 6) is 0.913. The largest absolute Gasteiger partial charge is 0.386 e. The summed E-state index contributed by atoms with van der Waals surface area (Å²) in [6, 6.07) is 17.0. The van der Waals surface area contributed by atoms with Crippen molar-refractivity contribution in [2.24, 2.45) is 0 Å². The number of benzene rings is 2. The van der Waals surface area contributed by atoms with Gasteiger partial charge in [0.2, 0.25) is 0 Å². The number of anilines is 1. The van der Waals surface area contributed by atoms with E-state index >= 15 is 0 Å². The van der Waals surface area contributed by atoms with Crippen molar-refractivity contribution < 1.29 is 9.50 Å². The van der Waals surface area contributed by atoms with Gasteiger partial charge in [-0.3, -0.25) is 0 Å². The Bertz CT molecular complexity index is 793. The first-order valence-electron chi connectivity index (χ1n) is 7.72. The van der Waals surface area contributed by atoms with Crippen LogP contribution in [0.25, 0.3) is 11.4 Å². The van der Waals surface area contributed by atoms with Gasteiger partial charge in [-0.05, 0) is 30.7 Å². The molecule has 1 heterocycles. The molecular weight excluding hydrogens is 305 g/mol. The van der Waals surface area contributed by atoms with Gasteiger partial charge in [0, 0.05) is 11.8 Å². The molecule has 0 spiro atoms. The quantitative estimate of drug-likeness (QED) is 0.749. The van der Waals surface area contributed by atoms with Crippen molar-refractivity contribution in [3.05, 3.63) is 78.2 Å². The lowest BCUT2D eigenvalue weighted by molar-refractivity contribution is 0.160. The van der Waals surface area contributed by atoms with E-state index in [0.717, 1.165) is 5.56 Å². The maximum Gasteiger partial charge on any atom is 0.161 e. The second kappa shape index (κ2) is 7.19.